The lowest BCUT2D eigenvalue weighted by atomic mass is 10.1. The first-order valence-electron chi connectivity index (χ1n) is 9.30. The number of amides is 2. The Bertz CT molecular complexity index is 774. The maximum atomic E-state index is 12.4. The van der Waals surface area contributed by atoms with Crippen molar-refractivity contribution in [1.82, 2.24) is 9.88 Å². The number of rotatable bonds is 3. The van der Waals surface area contributed by atoms with Crippen LogP contribution in [0.1, 0.15) is 52.1 Å². The van der Waals surface area contributed by atoms with Crippen LogP contribution in [0.2, 0.25) is 0 Å². The molecule has 2 rings (SSSR count). The summed E-state index contributed by atoms with van der Waals surface area (Å²) in [7, 11) is 0. The molecular weight excluding hydrogens is 426 g/mol. The minimum absolute atomic E-state index is 0.0709. The highest BCUT2D eigenvalue weighted by molar-refractivity contribution is 9.10. The molecule has 1 aliphatic heterocycles. The number of nitrogens with zero attached hydrogens (tertiary/aromatic N) is 3. The van der Waals surface area contributed by atoms with Gasteiger partial charge < -0.3 is 14.7 Å². The Kier molecular flexibility index (Phi) is 7.84. The van der Waals surface area contributed by atoms with E-state index in [1.807, 2.05) is 0 Å². The molecule has 1 aromatic rings. The fourth-order valence-corrected chi connectivity index (χ4v) is 3.14. The van der Waals surface area contributed by atoms with Gasteiger partial charge in [0.05, 0.1) is 5.69 Å². The molecule has 7 nitrogen and oxygen atoms in total. The number of aromatic nitrogens is 1. The minimum atomic E-state index is -1.45. The van der Waals surface area contributed by atoms with Gasteiger partial charge in [-0.05, 0) is 74.6 Å². The predicted molar refractivity (Wildman–Crippen MR) is 110 cm³/mol. The number of hydrogen-bond acceptors (Lipinski definition) is 5. The highest BCUT2D eigenvalue weighted by atomic mass is 79.9. The summed E-state index contributed by atoms with van der Waals surface area (Å²) in [4.78, 5) is 31.3. The van der Waals surface area contributed by atoms with Gasteiger partial charge in [0.1, 0.15) is 11.3 Å². The molecule has 0 bridgehead atoms. The number of carbonyl (C=O) groups is 2. The molecule has 1 aliphatic rings. The van der Waals surface area contributed by atoms with E-state index in [-0.39, 0.29) is 11.4 Å². The maximum absolute atomic E-state index is 12.4. The number of carbonyl (C=O) groups excluding carboxylic acids is 1. The lowest BCUT2D eigenvalue weighted by molar-refractivity contribution is 0.0582. The average Bonchev–Trinajstić information content (AvgIpc) is 2.59. The molecule has 1 saturated heterocycles. The number of imide groups is 1. The Morgan fingerprint density at radius 1 is 1.32 bits per heavy atom. The highest BCUT2D eigenvalue weighted by Crippen LogP contribution is 2.25. The number of halogens is 1. The number of pyridine rings is 1. The van der Waals surface area contributed by atoms with Gasteiger partial charge in [-0.25, -0.2) is 14.6 Å². The molecule has 0 unspecified atom stereocenters. The third kappa shape index (κ3) is 6.80. The van der Waals surface area contributed by atoms with Crippen LogP contribution in [0.4, 0.5) is 15.3 Å². The van der Waals surface area contributed by atoms with Gasteiger partial charge in [0, 0.05) is 23.6 Å². The van der Waals surface area contributed by atoms with Gasteiger partial charge >= 0.3 is 12.2 Å². The molecular formula is C20H26BrN3O4. The highest BCUT2D eigenvalue weighted by Gasteiger charge is 2.30. The molecule has 1 aromatic heterocycles. The summed E-state index contributed by atoms with van der Waals surface area (Å²) in [6.45, 7) is 8.07. The van der Waals surface area contributed by atoms with Crippen molar-refractivity contribution in [2.45, 2.75) is 52.1 Å². The molecule has 0 aliphatic carbocycles. The molecule has 0 aromatic carbocycles. The second kappa shape index (κ2) is 9.89. The lowest BCUT2D eigenvalue weighted by Crippen LogP contribution is -2.40. The first kappa shape index (κ1) is 22.2. The van der Waals surface area contributed by atoms with Gasteiger partial charge in [0.25, 0.3) is 0 Å². The summed E-state index contributed by atoms with van der Waals surface area (Å²) < 4.78 is 5.76. The molecule has 8 heteroatoms. The first-order valence-corrected chi connectivity index (χ1v) is 10.1. The zero-order chi connectivity index (χ0) is 20.7. The van der Waals surface area contributed by atoms with E-state index in [0.717, 1.165) is 19.6 Å². The third-order valence-electron chi connectivity index (χ3n) is 4.05. The topological polar surface area (TPSA) is 83.0 Å². The molecule has 152 valence electrons. The van der Waals surface area contributed by atoms with Crippen LogP contribution in [0.15, 0.2) is 16.7 Å². The van der Waals surface area contributed by atoms with E-state index in [2.05, 4.69) is 37.7 Å². The molecule has 1 N–H and O–H groups in total. The SMILES string of the molecule is CC(C)(C)OC(=O)N(C(=O)O)c1cc(Br)cnc1C#CCCN1CCCCC1. The molecule has 0 atom stereocenters. The van der Waals surface area contributed by atoms with Crippen LogP contribution in [0.5, 0.6) is 0 Å². The quantitative estimate of drug-likeness (QED) is 0.681. The summed E-state index contributed by atoms with van der Waals surface area (Å²) in [5.41, 5.74) is -0.540. The first-order chi connectivity index (χ1) is 13.2. The Hall–Kier alpha value is -2.11. The molecule has 0 radical (unpaired) electrons. The van der Waals surface area contributed by atoms with E-state index in [1.165, 1.54) is 31.5 Å². The predicted octanol–water partition coefficient (Wildman–Crippen LogP) is 4.49. The van der Waals surface area contributed by atoms with Crippen molar-refractivity contribution in [1.29, 1.82) is 0 Å². The number of anilines is 1. The molecule has 28 heavy (non-hydrogen) atoms. The zero-order valence-corrected chi connectivity index (χ0v) is 18.1. The fraction of sp³-hybridized carbons (Fsp3) is 0.550. The smallest absolute Gasteiger partial charge is 0.424 e. The standard InChI is InChI=1S/C20H26BrN3O4/c1-20(2,3)28-19(27)24(18(25)26)17-13-15(21)14-22-16(17)9-5-8-12-23-10-6-4-7-11-23/h13-14H,4,6-8,10-12H2,1-3H3,(H,25,26). The van der Waals surface area contributed by atoms with Gasteiger partial charge in [0.2, 0.25) is 0 Å². The molecule has 1 fully saturated rings. The van der Waals surface area contributed by atoms with Crippen molar-refractivity contribution in [2.75, 3.05) is 24.5 Å². The van der Waals surface area contributed by atoms with Crippen molar-refractivity contribution < 1.29 is 19.4 Å². The lowest BCUT2D eigenvalue weighted by Gasteiger charge is -2.25. The molecule has 0 spiro atoms. The van der Waals surface area contributed by atoms with Gasteiger partial charge in [0.15, 0.2) is 0 Å². The van der Waals surface area contributed by atoms with Crippen molar-refractivity contribution >= 4 is 33.8 Å². The van der Waals surface area contributed by atoms with E-state index in [1.54, 1.807) is 20.8 Å². The summed E-state index contributed by atoms with van der Waals surface area (Å²) in [6.07, 6.45) is 3.44. The second-order valence-corrected chi connectivity index (χ2v) is 8.49. The number of piperidine rings is 1. The Morgan fingerprint density at radius 2 is 2.00 bits per heavy atom. The Labute approximate surface area is 174 Å². The summed E-state index contributed by atoms with van der Waals surface area (Å²) in [5.74, 6) is 5.96. The summed E-state index contributed by atoms with van der Waals surface area (Å²) in [6, 6.07) is 1.50. The van der Waals surface area contributed by atoms with Gasteiger partial charge in [-0.15, -0.1) is 0 Å². The van der Waals surface area contributed by atoms with Gasteiger partial charge in [-0.3, -0.25) is 0 Å². The fourth-order valence-electron chi connectivity index (χ4n) is 2.83. The van der Waals surface area contributed by atoms with E-state index < -0.39 is 17.8 Å². The van der Waals surface area contributed by atoms with Crippen LogP contribution in [-0.4, -0.2) is 52.4 Å². The van der Waals surface area contributed by atoms with Gasteiger partial charge in [-0.2, -0.15) is 4.90 Å². The maximum Gasteiger partial charge on any atom is 0.424 e. The van der Waals surface area contributed by atoms with Crippen molar-refractivity contribution in [3.63, 3.8) is 0 Å². The Balaban J connectivity index is 2.21. The Morgan fingerprint density at radius 3 is 2.61 bits per heavy atom. The number of likely N-dealkylation sites (tertiary alicyclic amines) is 1. The number of ether oxygens (including phenoxy) is 1. The third-order valence-corrected chi connectivity index (χ3v) is 4.48. The van der Waals surface area contributed by atoms with Crippen LogP contribution in [0.25, 0.3) is 0 Å². The molecule has 0 saturated carbocycles. The summed E-state index contributed by atoms with van der Waals surface area (Å²) >= 11 is 3.27. The minimum Gasteiger partial charge on any atom is -0.464 e. The van der Waals surface area contributed by atoms with Crippen LogP contribution in [0, 0.1) is 11.8 Å². The normalized spacial score (nSPS) is 14.7. The molecule has 2 amide bonds. The largest absolute Gasteiger partial charge is 0.464 e. The van der Waals surface area contributed by atoms with Crippen molar-refractivity contribution in [3.05, 3.63) is 22.4 Å². The van der Waals surface area contributed by atoms with Crippen LogP contribution >= 0.6 is 15.9 Å². The van der Waals surface area contributed by atoms with Crippen molar-refractivity contribution in [2.24, 2.45) is 0 Å². The van der Waals surface area contributed by atoms with E-state index >= 15 is 0 Å². The van der Waals surface area contributed by atoms with Gasteiger partial charge in [-0.1, -0.05) is 12.3 Å². The van der Waals surface area contributed by atoms with E-state index in [4.69, 9.17) is 4.74 Å². The summed E-state index contributed by atoms with van der Waals surface area (Å²) in [5, 5.41) is 9.58. The number of hydrogen-bond donors (Lipinski definition) is 1. The number of carboxylic acid groups (broad SMARTS) is 1. The monoisotopic (exact) mass is 451 g/mol. The zero-order valence-electron chi connectivity index (χ0n) is 16.5. The van der Waals surface area contributed by atoms with Crippen LogP contribution < -0.4 is 4.90 Å². The van der Waals surface area contributed by atoms with E-state index in [0.29, 0.717) is 15.8 Å². The van der Waals surface area contributed by atoms with E-state index in [9.17, 15) is 14.7 Å². The van der Waals surface area contributed by atoms with Crippen LogP contribution in [-0.2, 0) is 4.74 Å². The van der Waals surface area contributed by atoms with Crippen LogP contribution in [0.3, 0.4) is 0 Å². The average molecular weight is 452 g/mol. The van der Waals surface area contributed by atoms with Crippen molar-refractivity contribution in [3.8, 4) is 11.8 Å². The molecule has 2 heterocycles. The second-order valence-electron chi connectivity index (χ2n) is 7.57.